The van der Waals surface area contributed by atoms with Crippen molar-refractivity contribution in [1.29, 1.82) is 0 Å². The van der Waals surface area contributed by atoms with E-state index in [0.29, 0.717) is 17.6 Å². The highest BCUT2D eigenvalue weighted by Crippen LogP contribution is 2.33. The Balaban J connectivity index is 2.22. The molecule has 14 heavy (non-hydrogen) atoms. The summed E-state index contributed by atoms with van der Waals surface area (Å²) in [5, 5.41) is 0.460. The third kappa shape index (κ3) is 1.88. The van der Waals surface area contributed by atoms with Crippen LogP contribution in [0, 0.1) is 0 Å². The molecule has 0 aromatic carbocycles. The number of allylic oxidation sites excluding steroid dienone is 1. The van der Waals surface area contributed by atoms with E-state index in [2.05, 4.69) is 0 Å². The Kier molecular flexibility index (Phi) is 2.70. The third-order valence-corrected chi connectivity index (χ3v) is 2.86. The Bertz CT molecular complexity index is 415. The molecule has 0 N–H and O–H groups in total. The third-order valence-electron chi connectivity index (χ3n) is 2.25. The Labute approximate surface area is 91.5 Å². The Morgan fingerprint density at radius 1 is 1.57 bits per heavy atom. The van der Waals surface area contributed by atoms with Crippen LogP contribution in [0.5, 0.6) is 0 Å². The summed E-state index contributed by atoms with van der Waals surface area (Å²) >= 11 is 11.2. The number of imidazole rings is 1. The van der Waals surface area contributed by atoms with Gasteiger partial charge in [0.1, 0.15) is 0 Å². The second-order valence-corrected chi connectivity index (χ2v) is 4.11. The van der Waals surface area contributed by atoms with Crippen LogP contribution in [-0.2, 0) is 6.54 Å². The average molecular weight is 233 g/mol. The molecular formula is C9H10Cl2N2O. The highest BCUT2D eigenvalue weighted by atomic mass is 35.5. The number of rotatable bonds is 3. The van der Waals surface area contributed by atoms with Gasteiger partial charge in [0.05, 0.1) is 6.54 Å². The molecule has 0 saturated heterocycles. The zero-order valence-corrected chi connectivity index (χ0v) is 9.00. The fourth-order valence-corrected chi connectivity index (χ4v) is 1.57. The Morgan fingerprint density at radius 2 is 2.29 bits per heavy atom. The minimum Gasteiger partial charge on any atom is -0.296 e. The molecule has 1 aromatic rings. The maximum absolute atomic E-state index is 11.7. The first-order valence-electron chi connectivity index (χ1n) is 4.44. The van der Waals surface area contributed by atoms with Crippen molar-refractivity contribution in [3.63, 3.8) is 0 Å². The van der Waals surface area contributed by atoms with Gasteiger partial charge in [-0.15, -0.1) is 0 Å². The van der Waals surface area contributed by atoms with Crippen molar-refractivity contribution in [3.8, 4) is 0 Å². The standard InChI is InChI=1S/C9H10Cl2N2O/c10-5-7(11)6-12-3-4-13(9(12)14)8-1-2-8/h3-5,8H,1-2,6H2/b7-5+. The van der Waals surface area contributed by atoms with Crippen molar-refractivity contribution < 1.29 is 0 Å². The van der Waals surface area contributed by atoms with Crippen LogP contribution in [0.25, 0.3) is 0 Å². The highest BCUT2D eigenvalue weighted by molar-refractivity contribution is 6.36. The SMILES string of the molecule is O=c1n(C/C(Cl)=C\Cl)ccn1C1CC1. The van der Waals surface area contributed by atoms with Crippen molar-refractivity contribution in [1.82, 2.24) is 9.13 Å². The Morgan fingerprint density at radius 3 is 2.86 bits per heavy atom. The summed E-state index contributed by atoms with van der Waals surface area (Å²) in [4.78, 5) is 11.7. The summed E-state index contributed by atoms with van der Waals surface area (Å²) in [5.74, 6) is 0. The molecule has 76 valence electrons. The number of aromatic nitrogens is 2. The molecule has 1 saturated carbocycles. The lowest BCUT2D eigenvalue weighted by atomic mass is 10.6. The summed E-state index contributed by atoms with van der Waals surface area (Å²) < 4.78 is 3.30. The summed E-state index contributed by atoms with van der Waals surface area (Å²) in [6.07, 6.45) is 5.74. The number of nitrogens with zero attached hydrogens (tertiary/aromatic N) is 2. The van der Waals surface area contributed by atoms with Gasteiger partial charge in [-0.25, -0.2) is 4.79 Å². The second-order valence-electron chi connectivity index (χ2n) is 3.40. The molecule has 0 atom stereocenters. The van der Waals surface area contributed by atoms with Gasteiger partial charge in [-0.3, -0.25) is 9.13 Å². The van der Waals surface area contributed by atoms with Crippen LogP contribution in [-0.4, -0.2) is 9.13 Å². The molecule has 0 unspecified atom stereocenters. The van der Waals surface area contributed by atoms with Gasteiger partial charge in [-0.1, -0.05) is 23.2 Å². The molecule has 1 fully saturated rings. The minimum absolute atomic E-state index is 0.0100. The number of hydrogen-bond donors (Lipinski definition) is 0. The van der Waals surface area contributed by atoms with Gasteiger partial charge in [-0.05, 0) is 12.8 Å². The van der Waals surface area contributed by atoms with Gasteiger partial charge in [0.15, 0.2) is 0 Å². The van der Waals surface area contributed by atoms with Crippen LogP contribution < -0.4 is 5.69 Å². The molecule has 2 rings (SSSR count). The van der Waals surface area contributed by atoms with Crippen LogP contribution in [0.3, 0.4) is 0 Å². The van der Waals surface area contributed by atoms with Crippen LogP contribution >= 0.6 is 23.2 Å². The van der Waals surface area contributed by atoms with Crippen LogP contribution in [0.2, 0.25) is 0 Å². The summed E-state index contributed by atoms with van der Waals surface area (Å²) in [6, 6.07) is 0.405. The molecule has 1 aliphatic rings. The lowest BCUT2D eigenvalue weighted by molar-refractivity contribution is 0.659. The van der Waals surface area contributed by atoms with E-state index in [4.69, 9.17) is 23.2 Å². The van der Waals surface area contributed by atoms with E-state index in [1.165, 1.54) is 5.54 Å². The van der Waals surface area contributed by atoms with Gasteiger partial charge in [0.2, 0.25) is 0 Å². The van der Waals surface area contributed by atoms with Crippen LogP contribution in [0.1, 0.15) is 18.9 Å². The first-order chi connectivity index (χ1) is 6.72. The molecule has 1 aliphatic carbocycles. The molecule has 5 heteroatoms. The smallest absolute Gasteiger partial charge is 0.296 e. The van der Waals surface area contributed by atoms with Gasteiger partial charge >= 0.3 is 5.69 Å². The maximum Gasteiger partial charge on any atom is 0.328 e. The van der Waals surface area contributed by atoms with Crippen molar-refractivity contribution in [3.05, 3.63) is 33.4 Å². The van der Waals surface area contributed by atoms with Gasteiger partial charge in [0, 0.05) is 29.0 Å². The molecular weight excluding hydrogens is 223 g/mol. The number of hydrogen-bond acceptors (Lipinski definition) is 1. The minimum atomic E-state index is -0.0100. The topological polar surface area (TPSA) is 26.9 Å². The van der Waals surface area contributed by atoms with Crippen molar-refractivity contribution >= 4 is 23.2 Å². The van der Waals surface area contributed by atoms with E-state index >= 15 is 0 Å². The fraction of sp³-hybridized carbons (Fsp3) is 0.444. The highest BCUT2D eigenvalue weighted by Gasteiger charge is 2.25. The molecule has 1 aromatic heterocycles. The Hall–Kier alpha value is -0.670. The fourth-order valence-electron chi connectivity index (χ4n) is 1.38. The summed E-state index contributed by atoms with van der Waals surface area (Å²) in [5.41, 5.74) is 1.27. The van der Waals surface area contributed by atoms with E-state index in [1.807, 2.05) is 0 Å². The van der Waals surface area contributed by atoms with E-state index in [1.54, 1.807) is 21.5 Å². The average Bonchev–Trinajstić information content (AvgIpc) is 2.95. The van der Waals surface area contributed by atoms with Crippen molar-refractivity contribution in [2.24, 2.45) is 0 Å². The number of halogens is 2. The zero-order valence-electron chi connectivity index (χ0n) is 7.49. The summed E-state index contributed by atoms with van der Waals surface area (Å²) in [7, 11) is 0. The van der Waals surface area contributed by atoms with E-state index in [-0.39, 0.29) is 5.69 Å². The maximum atomic E-state index is 11.7. The van der Waals surface area contributed by atoms with E-state index in [0.717, 1.165) is 12.8 Å². The second kappa shape index (κ2) is 3.83. The lowest BCUT2D eigenvalue weighted by Crippen LogP contribution is -2.23. The molecule has 0 radical (unpaired) electrons. The predicted molar refractivity (Wildman–Crippen MR) is 56.8 cm³/mol. The van der Waals surface area contributed by atoms with E-state index < -0.39 is 0 Å². The molecule has 0 aliphatic heterocycles. The van der Waals surface area contributed by atoms with Gasteiger partial charge in [0.25, 0.3) is 0 Å². The quantitative estimate of drug-likeness (QED) is 0.786. The molecule has 0 amide bonds. The van der Waals surface area contributed by atoms with Crippen molar-refractivity contribution in [2.75, 3.05) is 0 Å². The molecule has 1 heterocycles. The van der Waals surface area contributed by atoms with Gasteiger partial charge < -0.3 is 0 Å². The van der Waals surface area contributed by atoms with Gasteiger partial charge in [-0.2, -0.15) is 0 Å². The first kappa shape index (κ1) is 9.87. The molecule has 3 nitrogen and oxygen atoms in total. The largest absolute Gasteiger partial charge is 0.328 e. The molecule has 0 spiro atoms. The van der Waals surface area contributed by atoms with Crippen LogP contribution in [0.15, 0.2) is 27.8 Å². The predicted octanol–water partition coefficient (Wildman–Crippen LogP) is 2.30. The van der Waals surface area contributed by atoms with Crippen molar-refractivity contribution in [2.45, 2.75) is 25.4 Å². The van der Waals surface area contributed by atoms with E-state index in [9.17, 15) is 4.79 Å². The zero-order chi connectivity index (χ0) is 10.1. The first-order valence-corrected chi connectivity index (χ1v) is 5.26. The lowest BCUT2D eigenvalue weighted by Gasteiger charge is -1.98. The summed E-state index contributed by atoms with van der Waals surface area (Å²) in [6.45, 7) is 0.351. The monoisotopic (exact) mass is 232 g/mol. The van der Waals surface area contributed by atoms with Crippen LogP contribution in [0.4, 0.5) is 0 Å². The normalized spacial score (nSPS) is 17.4. The molecule has 0 bridgehead atoms.